The number of hydrogen-bond donors (Lipinski definition) is 1. The predicted molar refractivity (Wildman–Crippen MR) is 134 cm³/mol. The largest absolute Gasteiger partial charge is 0.383 e. The van der Waals surface area contributed by atoms with Crippen molar-refractivity contribution >= 4 is 27.8 Å². The molecule has 0 atom stereocenters. The summed E-state index contributed by atoms with van der Waals surface area (Å²) in [7, 11) is 4.24. The first-order chi connectivity index (χ1) is 16.6. The van der Waals surface area contributed by atoms with E-state index >= 15 is 0 Å². The van der Waals surface area contributed by atoms with Crippen LogP contribution < -0.4 is 5.73 Å². The summed E-state index contributed by atoms with van der Waals surface area (Å²) >= 11 is 0. The third-order valence-electron chi connectivity index (χ3n) is 6.59. The van der Waals surface area contributed by atoms with Gasteiger partial charge in [-0.25, -0.2) is 19.6 Å². The highest BCUT2D eigenvalue weighted by atomic mass is 15.3. The molecule has 1 saturated carbocycles. The number of anilines is 1. The Bertz CT molecular complexity index is 1490. The smallest absolute Gasteiger partial charge is 0.164 e. The number of nitrogens with zero attached hydrogens (tertiary/aromatic N) is 7. The van der Waals surface area contributed by atoms with Gasteiger partial charge < -0.3 is 10.6 Å². The molecule has 4 aromatic heterocycles. The van der Waals surface area contributed by atoms with Gasteiger partial charge in [-0.05, 0) is 57.1 Å². The maximum Gasteiger partial charge on any atom is 0.164 e. The van der Waals surface area contributed by atoms with Gasteiger partial charge >= 0.3 is 0 Å². The van der Waals surface area contributed by atoms with Gasteiger partial charge in [-0.3, -0.25) is 4.98 Å². The number of pyridine rings is 2. The van der Waals surface area contributed by atoms with Crippen molar-refractivity contribution in [3.63, 3.8) is 0 Å². The molecule has 5 aromatic rings. The van der Waals surface area contributed by atoms with E-state index in [-0.39, 0.29) is 0 Å². The van der Waals surface area contributed by atoms with Gasteiger partial charge in [-0.15, -0.1) is 0 Å². The van der Waals surface area contributed by atoms with E-state index in [2.05, 4.69) is 62.9 Å². The third-order valence-corrected chi connectivity index (χ3v) is 6.59. The van der Waals surface area contributed by atoms with Crippen molar-refractivity contribution in [3.8, 4) is 22.6 Å². The molecule has 0 unspecified atom stereocenters. The first-order valence-corrected chi connectivity index (χ1v) is 11.5. The van der Waals surface area contributed by atoms with E-state index in [1.165, 1.54) is 6.33 Å². The van der Waals surface area contributed by atoms with Gasteiger partial charge in [-0.2, -0.15) is 5.10 Å². The molecule has 1 aliphatic carbocycles. The standard InChI is InChI=1S/C26H26N8/c1-33(2)14-16-11-19(12-16)34-26-23(25(27)29-15-30-26)24(32-34)18-7-6-17-8-9-21(31-22(17)13-18)20-5-3-4-10-28-20/h3-10,13,15-16,19H,11-12,14H2,1-2H3,(H2,27,29,30). The van der Waals surface area contributed by atoms with Gasteiger partial charge in [0.15, 0.2) is 5.65 Å². The Labute approximate surface area is 197 Å². The van der Waals surface area contributed by atoms with E-state index in [1.807, 2.05) is 24.3 Å². The van der Waals surface area contributed by atoms with Gasteiger partial charge in [0, 0.05) is 23.7 Å². The average molecular weight is 451 g/mol. The maximum atomic E-state index is 6.34. The lowest BCUT2D eigenvalue weighted by Crippen LogP contribution is -2.34. The van der Waals surface area contributed by atoms with Crippen molar-refractivity contribution in [2.75, 3.05) is 26.4 Å². The highest BCUT2D eigenvalue weighted by Crippen LogP contribution is 2.41. The molecule has 0 aliphatic heterocycles. The first kappa shape index (κ1) is 20.7. The second-order valence-electron chi connectivity index (χ2n) is 9.32. The van der Waals surface area contributed by atoms with E-state index in [0.717, 1.165) is 64.0 Å². The normalized spacial score (nSPS) is 18.0. The molecule has 1 aliphatic rings. The SMILES string of the molecule is CN(C)CC1CC(n2nc(-c3ccc4ccc(-c5ccccn5)nc4c3)c3c(N)ncnc32)C1. The van der Waals surface area contributed by atoms with Crippen LogP contribution in [0, 0.1) is 5.92 Å². The summed E-state index contributed by atoms with van der Waals surface area (Å²) in [5, 5.41) is 6.89. The fourth-order valence-corrected chi connectivity index (χ4v) is 4.94. The summed E-state index contributed by atoms with van der Waals surface area (Å²) in [6.07, 6.45) is 5.48. The molecule has 34 heavy (non-hydrogen) atoms. The summed E-state index contributed by atoms with van der Waals surface area (Å²) in [6.45, 7) is 1.09. The summed E-state index contributed by atoms with van der Waals surface area (Å²) in [6, 6.07) is 16.4. The number of nitrogen functional groups attached to an aromatic ring is 1. The summed E-state index contributed by atoms with van der Waals surface area (Å²) in [5.74, 6) is 1.13. The van der Waals surface area contributed by atoms with Crippen molar-refractivity contribution in [2.24, 2.45) is 5.92 Å². The van der Waals surface area contributed by atoms with Crippen LogP contribution in [-0.2, 0) is 0 Å². The fourth-order valence-electron chi connectivity index (χ4n) is 4.94. The minimum Gasteiger partial charge on any atom is -0.383 e. The highest BCUT2D eigenvalue weighted by Gasteiger charge is 2.33. The molecule has 6 rings (SSSR count). The first-order valence-electron chi connectivity index (χ1n) is 11.5. The minimum atomic E-state index is 0.324. The van der Waals surface area contributed by atoms with Crippen molar-refractivity contribution in [2.45, 2.75) is 18.9 Å². The van der Waals surface area contributed by atoms with E-state index in [4.69, 9.17) is 15.8 Å². The third kappa shape index (κ3) is 3.56. The Hall–Kier alpha value is -3.91. The molecule has 0 amide bonds. The van der Waals surface area contributed by atoms with Gasteiger partial charge in [0.2, 0.25) is 0 Å². The van der Waals surface area contributed by atoms with Crippen LogP contribution in [0.15, 0.2) is 61.1 Å². The molecule has 2 N–H and O–H groups in total. The van der Waals surface area contributed by atoms with Gasteiger partial charge in [0.05, 0.1) is 28.3 Å². The minimum absolute atomic E-state index is 0.324. The second kappa shape index (κ2) is 8.14. The lowest BCUT2D eigenvalue weighted by atomic mass is 9.80. The highest BCUT2D eigenvalue weighted by molar-refractivity contribution is 6.00. The van der Waals surface area contributed by atoms with Crippen LogP contribution in [-0.4, -0.2) is 55.3 Å². The monoisotopic (exact) mass is 450 g/mol. The molecule has 0 radical (unpaired) electrons. The van der Waals surface area contributed by atoms with Crippen LogP contribution in [0.1, 0.15) is 18.9 Å². The van der Waals surface area contributed by atoms with Gasteiger partial charge in [0.25, 0.3) is 0 Å². The van der Waals surface area contributed by atoms with Crippen molar-refractivity contribution < 1.29 is 0 Å². The number of benzene rings is 1. The number of nitrogens with two attached hydrogens (primary N) is 1. The maximum absolute atomic E-state index is 6.34. The molecular formula is C26H26N8. The lowest BCUT2D eigenvalue weighted by Gasteiger charge is -2.37. The molecule has 1 aromatic carbocycles. The fraction of sp³-hybridized carbons (Fsp3) is 0.269. The Balaban J connectivity index is 1.43. The molecule has 4 heterocycles. The number of aromatic nitrogens is 6. The molecule has 0 saturated heterocycles. The molecule has 0 spiro atoms. The summed E-state index contributed by atoms with van der Waals surface area (Å²) in [5.41, 5.74) is 11.5. The van der Waals surface area contributed by atoms with Crippen molar-refractivity contribution in [1.82, 2.24) is 34.6 Å². The molecule has 8 nitrogen and oxygen atoms in total. The number of rotatable bonds is 5. The Kier molecular flexibility index (Phi) is 4.95. The Morgan fingerprint density at radius 1 is 1.00 bits per heavy atom. The lowest BCUT2D eigenvalue weighted by molar-refractivity contribution is 0.149. The van der Waals surface area contributed by atoms with Crippen molar-refractivity contribution in [1.29, 1.82) is 0 Å². The molecule has 1 fully saturated rings. The molecular weight excluding hydrogens is 424 g/mol. The Morgan fingerprint density at radius 2 is 1.85 bits per heavy atom. The quantitative estimate of drug-likeness (QED) is 0.428. The summed E-state index contributed by atoms with van der Waals surface area (Å²) in [4.78, 5) is 20.4. The second-order valence-corrected chi connectivity index (χ2v) is 9.32. The van der Waals surface area contributed by atoms with Crippen LogP contribution in [0.25, 0.3) is 44.6 Å². The number of fused-ring (bicyclic) bond motifs is 2. The van der Waals surface area contributed by atoms with Crippen LogP contribution in [0.4, 0.5) is 5.82 Å². The molecule has 8 heteroatoms. The molecule has 170 valence electrons. The van der Waals surface area contributed by atoms with E-state index < -0.39 is 0 Å². The van der Waals surface area contributed by atoms with Crippen LogP contribution in [0.2, 0.25) is 0 Å². The Morgan fingerprint density at radius 3 is 2.65 bits per heavy atom. The van der Waals surface area contributed by atoms with Crippen LogP contribution in [0.3, 0.4) is 0 Å². The zero-order chi connectivity index (χ0) is 23.2. The average Bonchev–Trinajstić information content (AvgIpc) is 3.21. The van der Waals surface area contributed by atoms with Crippen molar-refractivity contribution in [3.05, 3.63) is 61.1 Å². The number of hydrogen-bond acceptors (Lipinski definition) is 7. The molecule has 0 bridgehead atoms. The van der Waals surface area contributed by atoms with E-state index in [0.29, 0.717) is 17.8 Å². The van der Waals surface area contributed by atoms with Gasteiger partial charge in [0.1, 0.15) is 17.8 Å². The van der Waals surface area contributed by atoms with Crippen LogP contribution >= 0.6 is 0 Å². The van der Waals surface area contributed by atoms with Crippen LogP contribution in [0.5, 0.6) is 0 Å². The topological polar surface area (TPSA) is 98.6 Å². The zero-order valence-electron chi connectivity index (χ0n) is 19.3. The van der Waals surface area contributed by atoms with Gasteiger partial charge in [-0.1, -0.05) is 24.3 Å². The van der Waals surface area contributed by atoms with E-state index in [1.54, 1.807) is 6.20 Å². The zero-order valence-corrected chi connectivity index (χ0v) is 19.3. The summed E-state index contributed by atoms with van der Waals surface area (Å²) < 4.78 is 2.05. The predicted octanol–water partition coefficient (Wildman–Crippen LogP) is 4.20. The van der Waals surface area contributed by atoms with E-state index in [9.17, 15) is 0 Å².